The lowest BCUT2D eigenvalue weighted by Crippen LogP contribution is -2.46. The van der Waals surface area contributed by atoms with Crippen LogP contribution in [0.4, 0.5) is 0 Å². The number of carbonyl (C=O) groups is 2. The van der Waals surface area contributed by atoms with Gasteiger partial charge in [0.2, 0.25) is 0 Å². The Bertz CT molecular complexity index is 296. The van der Waals surface area contributed by atoms with Crippen LogP contribution in [0.3, 0.4) is 0 Å². The lowest BCUT2D eigenvalue weighted by atomic mass is 9.75. The number of Topliss-reactive ketones (excluding diaryl/α,β-unsaturated/α-hetero) is 1. The van der Waals surface area contributed by atoms with Gasteiger partial charge in [-0.2, -0.15) is 0 Å². The first-order valence-corrected chi connectivity index (χ1v) is 6.87. The molecule has 0 bridgehead atoms. The van der Waals surface area contributed by atoms with Crippen molar-refractivity contribution in [3.05, 3.63) is 0 Å². The Hall–Kier alpha value is -0.900. The van der Waals surface area contributed by atoms with Crippen LogP contribution in [0.2, 0.25) is 0 Å². The predicted molar refractivity (Wildman–Crippen MR) is 68.2 cm³/mol. The summed E-state index contributed by atoms with van der Waals surface area (Å²) < 4.78 is 10.6. The summed E-state index contributed by atoms with van der Waals surface area (Å²) in [5, 5.41) is 0. The van der Waals surface area contributed by atoms with Gasteiger partial charge in [-0.25, -0.2) is 0 Å². The van der Waals surface area contributed by atoms with Gasteiger partial charge in [-0.1, -0.05) is 13.3 Å². The summed E-state index contributed by atoms with van der Waals surface area (Å²) in [5.41, 5.74) is -0.751. The quantitative estimate of drug-likeness (QED) is 0.541. The fraction of sp³-hybridized carbons (Fsp3) is 0.857. The first kappa shape index (κ1) is 15.2. The predicted octanol–water partition coefficient (Wildman–Crippen LogP) is 2.49. The van der Waals surface area contributed by atoms with Gasteiger partial charge in [0, 0.05) is 6.61 Å². The van der Waals surface area contributed by atoms with Crippen molar-refractivity contribution >= 4 is 11.8 Å². The molecule has 1 aliphatic carbocycles. The first-order chi connectivity index (χ1) is 8.54. The van der Waals surface area contributed by atoms with Gasteiger partial charge in [0.25, 0.3) is 0 Å². The molecule has 2 unspecified atom stereocenters. The minimum absolute atomic E-state index is 0.116. The van der Waals surface area contributed by atoms with Gasteiger partial charge in [-0.15, -0.1) is 0 Å². The lowest BCUT2D eigenvalue weighted by Gasteiger charge is -2.38. The molecule has 0 radical (unpaired) electrons. The van der Waals surface area contributed by atoms with E-state index in [-0.39, 0.29) is 12.2 Å². The zero-order chi connectivity index (χ0) is 13.6. The summed E-state index contributed by atoms with van der Waals surface area (Å²) in [4.78, 5) is 23.7. The van der Waals surface area contributed by atoms with Crippen LogP contribution in [0.25, 0.3) is 0 Å². The molecule has 0 heterocycles. The van der Waals surface area contributed by atoms with Gasteiger partial charge < -0.3 is 9.47 Å². The van der Waals surface area contributed by atoms with Crippen molar-refractivity contribution in [3.8, 4) is 0 Å². The highest BCUT2D eigenvalue weighted by molar-refractivity contribution is 6.00. The molecule has 0 aromatic heterocycles. The molecule has 0 N–H and O–H groups in total. The maximum Gasteiger partial charge on any atom is 0.313 e. The molecule has 1 aliphatic rings. The number of esters is 1. The molecular weight excluding hydrogens is 232 g/mol. The molecule has 0 amide bonds. The van der Waals surface area contributed by atoms with Crippen molar-refractivity contribution in [2.75, 3.05) is 13.2 Å². The minimum atomic E-state index is -0.751. The number of ketones is 1. The fourth-order valence-corrected chi connectivity index (χ4v) is 2.75. The highest BCUT2D eigenvalue weighted by atomic mass is 16.5. The molecule has 4 heteroatoms. The normalized spacial score (nSPS) is 27.8. The molecule has 2 atom stereocenters. The molecule has 0 aliphatic heterocycles. The summed E-state index contributed by atoms with van der Waals surface area (Å²) in [6.07, 6.45) is 3.39. The molecule has 4 nitrogen and oxygen atoms in total. The van der Waals surface area contributed by atoms with Crippen molar-refractivity contribution in [1.29, 1.82) is 0 Å². The SMILES string of the molecule is CCOC(=O)CC(=O)C1(OCC)CCCC(C)C1. The van der Waals surface area contributed by atoms with E-state index >= 15 is 0 Å². The first-order valence-electron chi connectivity index (χ1n) is 6.87. The molecule has 0 spiro atoms. The number of rotatable bonds is 6. The van der Waals surface area contributed by atoms with Gasteiger partial charge in [-0.05, 0) is 39.0 Å². The van der Waals surface area contributed by atoms with Crippen LogP contribution in [0, 0.1) is 5.92 Å². The van der Waals surface area contributed by atoms with Crippen LogP contribution in [0.15, 0.2) is 0 Å². The van der Waals surface area contributed by atoms with E-state index in [0.717, 1.165) is 25.7 Å². The standard InChI is InChI=1S/C14H24O4/c1-4-17-13(16)9-12(15)14(18-5-2)8-6-7-11(3)10-14/h11H,4-10H2,1-3H3. The smallest absolute Gasteiger partial charge is 0.313 e. The highest BCUT2D eigenvalue weighted by Gasteiger charge is 2.42. The van der Waals surface area contributed by atoms with Crippen LogP contribution in [-0.2, 0) is 19.1 Å². The largest absolute Gasteiger partial charge is 0.466 e. The molecule has 1 fully saturated rings. The van der Waals surface area contributed by atoms with Crippen LogP contribution in [-0.4, -0.2) is 30.6 Å². The van der Waals surface area contributed by atoms with Crippen molar-refractivity contribution in [1.82, 2.24) is 0 Å². The summed E-state index contributed by atoms with van der Waals surface area (Å²) in [6.45, 7) is 6.57. The second-order valence-electron chi connectivity index (χ2n) is 5.03. The Morgan fingerprint density at radius 3 is 2.56 bits per heavy atom. The van der Waals surface area contributed by atoms with E-state index in [1.54, 1.807) is 6.92 Å². The molecule has 1 saturated carbocycles. The topological polar surface area (TPSA) is 52.6 Å². The van der Waals surface area contributed by atoms with E-state index in [2.05, 4.69) is 6.92 Å². The monoisotopic (exact) mass is 256 g/mol. The maximum atomic E-state index is 12.3. The Balaban J connectivity index is 2.70. The Morgan fingerprint density at radius 2 is 2.00 bits per heavy atom. The van der Waals surface area contributed by atoms with Gasteiger partial charge in [0.15, 0.2) is 5.78 Å². The van der Waals surface area contributed by atoms with E-state index in [4.69, 9.17) is 9.47 Å². The lowest BCUT2D eigenvalue weighted by molar-refractivity contribution is -0.158. The minimum Gasteiger partial charge on any atom is -0.466 e. The number of hydrogen-bond donors (Lipinski definition) is 0. The molecule has 1 rings (SSSR count). The van der Waals surface area contributed by atoms with Crippen LogP contribution in [0.5, 0.6) is 0 Å². The molecule has 0 aromatic rings. The molecule has 104 valence electrons. The Labute approximate surface area is 109 Å². The second-order valence-corrected chi connectivity index (χ2v) is 5.03. The van der Waals surface area contributed by atoms with Gasteiger partial charge in [0.05, 0.1) is 6.61 Å². The van der Waals surface area contributed by atoms with Crippen molar-refractivity contribution in [2.24, 2.45) is 5.92 Å². The molecule has 18 heavy (non-hydrogen) atoms. The van der Waals surface area contributed by atoms with E-state index in [1.807, 2.05) is 6.92 Å². The molecule has 0 saturated heterocycles. The second kappa shape index (κ2) is 6.88. The van der Waals surface area contributed by atoms with Crippen molar-refractivity contribution < 1.29 is 19.1 Å². The molecular formula is C14H24O4. The van der Waals surface area contributed by atoms with E-state index in [9.17, 15) is 9.59 Å². The van der Waals surface area contributed by atoms with Crippen molar-refractivity contribution in [3.63, 3.8) is 0 Å². The summed E-state index contributed by atoms with van der Waals surface area (Å²) in [5.74, 6) is -0.0920. The number of hydrogen-bond acceptors (Lipinski definition) is 4. The third-order valence-corrected chi connectivity index (χ3v) is 3.49. The zero-order valence-corrected chi connectivity index (χ0v) is 11.7. The average molecular weight is 256 g/mol. The third kappa shape index (κ3) is 3.80. The number of carbonyl (C=O) groups excluding carboxylic acids is 2. The highest BCUT2D eigenvalue weighted by Crippen LogP contribution is 2.36. The van der Waals surface area contributed by atoms with E-state index < -0.39 is 11.6 Å². The zero-order valence-electron chi connectivity index (χ0n) is 11.7. The number of ether oxygens (including phenoxy) is 2. The Morgan fingerprint density at radius 1 is 1.28 bits per heavy atom. The summed E-state index contributed by atoms with van der Waals surface area (Å²) >= 11 is 0. The summed E-state index contributed by atoms with van der Waals surface area (Å²) in [7, 11) is 0. The van der Waals surface area contributed by atoms with Crippen molar-refractivity contribution in [2.45, 2.75) is 58.5 Å². The van der Waals surface area contributed by atoms with Gasteiger partial charge >= 0.3 is 5.97 Å². The van der Waals surface area contributed by atoms with Crippen LogP contribution < -0.4 is 0 Å². The van der Waals surface area contributed by atoms with Gasteiger partial charge in [0.1, 0.15) is 12.0 Å². The fourth-order valence-electron chi connectivity index (χ4n) is 2.75. The van der Waals surface area contributed by atoms with Crippen LogP contribution in [0.1, 0.15) is 52.9 Å². The van der Waals surface area contributed by atoms with E-state index in [0.29, 0.717) is 19.1 Å². The maximum absolute atomic E-state index is 12.3. The average Bonchev–Trinajstić information content (AvgIpc) is 2.29. The summed E-state index contributed by atoms with van der Waals surface area (Å²) in [6, 6.07) is 0. The van der Waals surface area contributed by atoms with E-state index in [1.165, 1.54) is 0 Å². The van der Waals surface area contributed by atoms with Crippen LogP contribution >= 0.6 is 0 Å². The molecule has 0 aromatic carbocycles. The Kier molecular flexibility index (Phi) is 5.79. The van der Waals surface area contributed by atoms with Gasteiger partial charge in [-0.3, -0.25) is 9.59 Å². The third-order valence-electron chi connectivity index (χ3n) is 3.49.